The molecule has 0 spiro atoms. The molecule has 5 heteroatoms. The van der Waals surface area contributed by atoms with Crippen molar-refractivity contribution in [2.75, 3.05) is 13.1 Å². The van der Waals surface area contributed by atoms with E-state index in [4.69, 9.17) is 0 Å². The Morgan fingerprint density at radius 2 is 1.37 bits per heavy atom. The van der Waals surface area contributed by atoms with Crippen LogP contribution in [0.5, 0.6) is 0 Å². The van der Waals surface area contributed by atoms with Gasteiger partial charge in [0.15, 0.2) is 5.78 Å². The highest BCUT2D eigenvalue weighted by atomic mass is 32.1. The normalized spacial score (nSPS) is 14.4. The lowest BCUT2D eigenvalue weighted by atomic mass is 10.0. The van der Waals surface area contributed by atoms with E-state index in [0.29, 0.717) is 13.1 Å². The maximum atomic E-state index is 11.6. The van der Waals surface area contributed by atoms with Crippen LogP contribution in [0, 0.1) is 0 Å². The number of aliphatic hydroxyl groups excluding tert-OH is 2. The van der Waals surface area contributed by atoms with Crippen molar-refractivity contribution < 1.29 is 15.0 Å². The van der Waals surface area contributed by atoms with E-state index < -0.39 is 12.2 Å². The molecule has 0 aliphatic carbocycles. The molecule has 0 amide bonds. The number of nitrogens with zero attached hydrogens (tertiary/aromatic N) is 1. The van der Waals surface area contributed by atoms with Crippen LogP contribution in [0.3, 0.4) is 0 Å². The fourth-order valence-corrected chi connectivity index (χ4v) is 4.56. The van der Waals surface area contributed by atoms with Crippen molar-refractivity contribution in [1.82, 2.24) is 4.90 Å². The minimum Gasteiger partial charge on any atom is -0.387 e. The van der Waals surface area contributed by atoms with Crippen molar-refractivity contribution in [2.45, 2.75) is 38.5 Å². The fourth-order valence-electron chi connectivity index (χ4n) is 3.54. The number of thiophene rings is 1. The molecule has 2 N–H and O–H groups in total. The molecule has 0 aliphatic rings. The topological polar surface area (TPSA) is 60.8 Å². The van der Waals surface area contributed by atoms with Gasteiger partial charge in [0.25, 0.3) is 0 Å². The first kappa shape index (κ1) is 22.4. The largest absolute Gasteiger partial charge is 0.387 e. The lowest BCUT2D eigenvalue weighted by molar-refractivity contribution is 0.0482. The third-order valence-electron chi connectivity index (χ3n) is 5.31. The number of ketones is 1. The number of aliphatic hydroxyl groups is 2. The van der Waals surface area contributed by atoms with Gasteiger partial charge in [0.05, 0.1) is 17.1 Å². The van der Waals surface area contributed by atoms with Crippen LogP contribution >= 0.6 is 11.3 Å². The molecule has 4 nitrogen and oxygen atoms in total. The van der Waals surface area contributed by atoms with Gasteiger partial charge in [-0.25, -0.2) is 0 Å². The fraction of sp³-hybridized carbons (Fsp3) is 0.320. The van der Waals surface area contributed by atoms with Gasteiger partial charge in [-0.05, 0) is 43.5 Å². The lowest BCUT2D eigenvalue weighted by Gasteiger charge is -2.32. The molecule has 30 heavy (non-hydrogen) atoms. The van der Waals surface area contributed by atoms with E-state index >= 15 is 0 Å². The van der Waals surface area contributed by atoms with Crippen molar-refractivity contribution in [1.29, 1.82) is 0 Å². The summed E-state index contributed by atoms with van der Waals surface area (Å²) in [7, 11) is 0. The molecule has 3 atom stereocenters. The van der Waals surface area contributed by atoms with E-state index in [0.717, 1.165) is 27.3 Å². The quantitative estimate of drug-likeness (QED) is 0.466. The number of carbonyl (C=O) groups excluding carboxylic acids is 1. The van der Waals surface area contributed by atoms with Gasteiger partial charge in [-0.3, -0.25) is 9.69 Å². The third-order valence-corrected chi connectivity index (χ3v) is 6.52. The summed E-state index contributed by atoms with van der Waals surface area (Å²) in [5.41, 5.74) is 1.72. The molecule has 0 aliphatic heterocycles. The van der Waals surface area contributed by atoms with E-state index in [-0.39, 0.29) is 11.8 Å². The predicted octanol–water partition coefficient (Wildman–Crippen LogP) is 4.65. The molecule has 158 valence electrons. The Morgan fingerprint density at radius 3 is 1.80 bits per heavy atom. The number of hydrogen-bond donors (Lipinski definition) is 2. The predicted molar refractivity (Wildman–Crippen MR) is 122 cm³/mol. The van der Waals surface area contributed by atoms with Crippen LogP contribution < -0.4 is 0 Å². The second-order valence-electron chi connectivity index (χ2n) is 7.68. The van der Waals surface area contributed by atoms with E-state index in [1.54, 1.807) is 6.92 Å². The second-order valence-corrected chi connectivity index (χ2v) is 8.85. The van der Waals surface area contributed by atoms with E-state index in [1.807, 2.05) is 72.8 Å². The molecule has 0 fully saturated rings. The summed E-state index contributed by atoms with van der Waals surface area (Å²) in [5, 5.41) is 21.6. The molecule has 2 aromatic carbocycles. The first-order valence-electron chi connectivity index (χ1n) is 10.2. The summed E-state index contributed by atoms with van der Waals surface area (Å²) in [6.45, 7) is 4.51. The molecule has 0 bridgehead atoms. The van der Waals surface area contributed by atoms with Gasteiger partial charge in [-0.1, -0.05) is 60.7 Å². The summed E-state index contributed by atoms with van der Waals surface area (Å²) in [6, 6.07) is 23.1. The maximum Gasteiger partial charge on any atom is 0.169 e. The van der Waals surface area contributed by atoms with Crippen LogP contribution in [0.15, 0.2) is 72.8 Å². The summed E-state index contributed by atoms with van der Waals surface area (Å²) in [6.07, 6.45) is -0.540. The summed E-state index contributed by atoms with van der Waals surface area (Å²) in [5.74, 6) is 0.0785. The highest BCUT2D eigenvalue weighted by Crippen LogP contribution is 2.24. The summed E-state index contributed by atoms with van der Waals surface area (Å²) >= 11 is 1.52. The minimum atomic E-state index is -0.646. The molecule has 0 saturated heterocycles. The average molecular weight is 424 g/mol. The molecule has 0 radical (unpaired) electrons. The molecule has 3 unspecified atom stereocenters. The molecule has 1 aromatic heterocycles. The minimum absolute atomic E-state index is 0.0785. The van der Waals surface area contributed by atoms with Crippen LogP contribution in [0.1, 0.15) is 51.7 Å². The standard InChI is InChI=1S/C25H29NO3S/c1-18(15-22-13-14-25(30-22)19(2)27)26(16-23(28)20-9-5-3-6-10-20)17-24(29)21-11-7-4-8-12-21/h3-14,18,23-24,28-29H,15-17H2,1-2H3. The summed E-state index contributed by atoms with van der Waals surface area (Å²) < 4.78 is 0. The zero-order valence-electron chi connectivity index (χ0n) is 17.4. The van der Waals surface area contributed by atoms with Gasteiger partial charge in [0.1, 0.15) is 0 Å². The van der Waals surface area contributed by atoms with Crippen LogP contribution in [-0.4, -0.2) is 40.0 Å². The highest BCUT2D eigenvalue weighted by Gasteiger charge is 2.23. The Kier molecular flexibility index (Phi) is 7.94. The smallest absolute Gasteiger partial charge is 0.169 e. The number of Topliss-reactive ketones (excluding diaryl/α,β-unsaturated/α-hetero) is 1. The zero-order chi connectivity index (χ0) is 21.5. The molecule has 1 heterocycles. The highest BCUT2D eigenvalue weighted by molar-refractivity contribution is 7.14. The van der Waals surface area contributed by atoms with E-state index in [9.17, 15) is 15.0 Å². The van der Waals surface area contributed by atoms with Crippen molar-refractivity contribution >= 4 is 17.1 Å². The van der Waals surface area contributed by atoms with Crippen LogP contribution in [-0.2, 0) is 6.42 Å². The summed E-state index contributed by atoms with van der Waals surface area (Å²) in [4.78, 5) is 15.6. The third kappa shape index (κ3) is 6.09. The SMILES string of the molecule is CC(=O)c1ccc(CC(C)N(CC(O)c2ccccc2)CC(O)c2ccccc2)s1. The van der Waals surface area contributed by atoms with Gasteiger partial charge in [0.2, 0.25) is 0 Å². The van der Waals surface area contributed by atoms with Crippen molar-refractivity contribution in [3.05, 3.63) is 93.7 Å². The van der Waals surface area contributed by atoms with Gasteiger partial charge >= 0.3 is 0 Å². The van der Waals surface area contributed by atoms with Gasteiger partial charge < -0.3 is 10.2 Å². The monoisotopic (exact) mass is 423 g/mol. The molecule has 3 aromatic rings. The van der Waals surface area contributed by atoms with Crippen molar-refractivity contribution in [3.8, 4) is 0 Å². The molecular formula is C25H29NO3S. The Labute approximate surface area is 182 Å². The number of benzene rings is 2. The van der Waals surface area contributed by atoms with Gasteiger partial charge in [0, 0.05) is 24.0 Å². The Morgan fingerprint density at radius 1 is 0.867 bits per heavy atom. The Balaban J connectivity index is 1.75. The average Bonchev–Trinajstić information content (AvgIpc) is 3.23. The Bertz CT molecular complexity index is 878. The van der Waals surface area contributed by atoms with Crippen LogP contribution in [0.25, 0.3) is 0 Å². The Hall–Kier alpha value is -2.31. The van der Waals surface area contributed by atoms with Crippen molar-refractivity contribution in [2.24, 2.45) is 0 Å². The second kappa shape index (κ2) is 10.6. The maximum absolute atomic E-state index is 11.6. The molecular weight excluding hydrogens is 394 g/mol. The number of rotatable bonds is 10. The first-order chi connectivity index (χ1) is 14.4. The van der Waals surface area contributed by atoms with Crippen LogP contribution in [0.2, 0.25) is 0 Å². The van der Waals surface area contributed by atoms with E-state index in [2.05, 4.69) is 11.8 Å². The number of carbonyl (C=O) groups is 1. The van der Waals surface area contributed by atoms with Crippen LogP contribution in [0.4, 0.5) is 0 Å². The lowest BCUT2D eigenvalue weighted by Crippen LogP contribution is -2.40. The zero-order valence-corrected chi connectivity index (χ0v) is 18.3. The number of hydrogen-bond acceptors (Lipinski definition) is 5. The van der Waals surface area contributed by atoms with E-state index in [1.165, 1.54) is 11.3 Å². The van der Waals surface area contributed by atoms with Crippen molar-refractivity contribution in [3.63, 3.8) is 0 Å². The first-order valence-corrected chi connectivity index (χ1v) is 11.1. The molecule has 0 saturated carbocycles. The van der Waals surface area contributed by atoms with Gasteiger partial charge in [-0.15, -0.1) is 11.3 Å². The van der Waals surface area contributed by atoms with Gasteiger partial charge in [-0.2, -0.15) is 0 Å². The molecule has 3 rings (SSSR count).